The standard InChI is InChI=1S/C21H25ClN2O2/c1-16(25)26-13-10-21-15-24(12-11-23-21)14-17-2-4-18(5-3-17)19-6-8-20(22)9-7-19/h2-9,21,23H,10-15H2,1H3. The first-order valence-corrected chi connectivity index (χ1v) is 9.42. The predicted molar refractivity (Wildman–Crippen MR) is 105 cm³/mol. The molecule has 3 rings (SSSR count). The number of piperazine rings is 1. The van der Waals surface area contributed by atoms with Gasteiger partial charge >= 0.3 is 5.97 Å². The van der Waals surface area contributed by atoms with Gasteiger partial charge in [-0.3, -0.25) is 9.69 Å². The maximum atomic E-state index is 10.9. The molecule has 0 saturated carbocycles. The Bertz CT molecular complexity index is 716. The van der Waals surface area contributed by atoms with Crippen LogP contribution in [0.5, 0.6) is 0 Å². The molecule has 2 aromatic carbocycles. The van der Waals surface area contributed by atoms with Crippen LogP contribution in [0.25, 0.3) is 11.1 Å². The van der Waals surface area contributed by atoms with Crippen molar-refractivity contribution >= 4 is 17.6 Å². The summed E-state index contributed by atoms with van der Waals surface area (Å²) in [4.78, 5) is 13.3. The molecular formula is C21H25ClN2O2. The topological polar surface area (TPSA) is 41.6 Å². The minimum absolute atomic E-state index is 0.210. The van der Waals surface area contributed by atoms with Crippen LogP contribution >= 0.6 is 11.6 Å². The lowest BCUT2D eigenvalue weighted by atomic mass is 10.0. The van der Waals surface area contributed by atoms with Gasteiger partial charge < -0.3 is 10.1 Å². The Hall–Kier alpha value is -1.88. The largest absolute Gasteiger partial charge is 0.466 e. The Labute approximate surface area is 160 Å². The first kappa shape index (κ1) is 18.9. The maximum Gasteiger partial charge on any atom is 0.302 e. The molecule has 1 N–H and O–H groups in total. The number of hydrogen-bond donors (Lipinski definition) is 1. The second-order valence-corrected chi connectivity index (χ2v) is 7.16. The van der Waals surface area contributed by atoms with Gasteiger partial charge in [0.25, 0.3) is 0 Å². The molecular weight excluding hydrogens is 348 g/mol. The van der Waals surface area contributed by atoms with Crippen molar-refractivity contribution in [2.45, 2.75) is 25.9 Å². The lowest BCUT2D eigenvalue weighted by molar-refractivity contribution is -0.141. The molecule has 1 aliphatic heterocycles. The molecule has 1 unspecified atom stereocenters. The van der Waals surface area contributed by atoms with Crippen molar-refractivity contribution in [2.75, 3.05) is 26.2 Å². The number of ether oxygens (including phenoxy) is 1. The van der Waals surface area contributed by atoms with Crippen LogP contribution < -0.4 is 5.32 Å². The summed E-state index contributed by atoms with van der Waals surface area (Å²) >= 11 is 5.96. The van der Waals surface area contributed by atoms with E-state index in [0.717, 1.165) is 37.6 Å². The van der Waals surface area contributed by atoms with Gasteiger partial charge in [0, 0.05) is 44.2 Å². The quantitative estimate of drug-likeness (QED) is 0.784. The van der Waals surface area contributed by atoms with Crippen LogP contribution in [0, 0.1) is 0 Å². The van der Waals surface area contributed by atoms with E-state index in [9.17, 15) is 4.79 Å². The molecule has 26 heavy (non-hydrogen) atoms. The lowest BCUT2D eigenvalue weighted by Gasteiger charge is -2.33. The number of rotatable bonds is 6. The maximum absolute atomic E-state index is 10.9. The fraction of sp³-hybridized carbons (Fsp3) is 0.381. The van der Waals surface area contributed by atoms with E-state index in [-0.39, 0.29) is 5.97 Å². The Morgan fingerprint density at radius 3 is 2.46 bits per heavy atom. The molecule has 0 amide bonds. The third kappa shape index (κ3) is 5.56. The normalized spacial score (nSPS) is 17.8. The van der Waals surface area contributed by atoms with E-state index in [1.165, 1.54) is 23.6 Å². The van der Waals surface area contributed by atoms with Gasteiger partial charge in [0.05, 0.1) is 6.61 Å². The lowest BCUT2D eigenvalue weighted by Crippen LogP contribution is -2.50. The SMILES string of the molecule is CC(=O)OCCC1CN(Cc2ccc(-c3ccc(Cl)cc3)cc2)CCN1. The summed E-state index contributed by atoms with van der Waals surface area (Å²) in [5, 5.41) is 4.26. The summed E-state index contributed by atoms with van der Waals surface area (Å²) in [7, 11) is 0. The smallest absolute Gasteiger partial charge is 0.302 e. The van der Waals surface area contributed by atoms with Gasteiger partial charge in [-0.25, -0.2) is 0 Å². The van der Waals surface area contributed by atoms with Crippen molar-refractivity contribution in [3.63, 3.8) is 0 Å². The van der Waals surface area contributed by atoms with Gasteiger partial charge in [-0.2, -0.15) is 0 Å². The second kappa shape index (κ2) is 9.17. The summed E-state index contributed by atoms with van der Waals surface area (Å²) in [5.41, 5.74) is 3.68. The highest BCUT2D eigenvalue weighted by Gasteiger charge is 2.19. The highest BCUT2D eigenvalue weighted by atomic mass is 35.5. The number of hydrogen-bond acceptors (Lipinski definition) is 4. The summed E-state index contributed by atoms with van der Waals surface area (Å²) in [5.74, 6) is -0.210. The van der Waals surface area contributed by atoms with Crippen molar-refractivity contribution in [1.29, 1.82) is 0 Å². The molecule has 138 valence electrons. The van der Waals surface area contributed by atoms with Crippen LogP contribution in [0.15, 0.2) is 48.5 Å². The van der Waals surface area contributed by atoms with Crippen LogP contribution in [0.2, 0.25) is 5.02 Å². The van der Waals surface area contributed by atoms with Gasteiger partial charge in [-0.15, -0.1) is 0 Å². The third-order valence-electron chi connectivity index (χ3n) is 4.65. The molecule has 1 fully saturated rings. The average Bonchev–Trinajstić information content (AvgIpc) is 2.63. The molecule has 1 aliphatic rings. The van der Waals surface area contributed by atoms with Crippen LogP contribution in [-0.2, 0) is 16.1 Å². The summed E-state index contributed by atoms with van der Waals surface area (Å²) in [6.07, 6.45) is 0.853. The van der Waals surface area contributed by atoms with Crippen molar-refractivity contribution in [1.82, 2.24) is 10.2 Å². The molecule has 4 nitrogen and oxygen atoms in total. The van der Waals surface area contributed by atoms with Gasteiger partial charge in [-0.05, 0) is 35.2 Å². The van der Waals surface area contributed by atoms with Crippen molar-refractivity contribution in [3.05, 3.63) is 59.1 Å². The molecule has 1 saturated heterocycles. The predicted octanol–water partition coefficient (Wildman–Crippen LogP) is 3.73. The summed E-state index contributed by atoms with van der Waals surface area (Å²) < 4.78 is 5.05. The van der Waals surface area contributed by atoms with Gasteiger partial charge in [0.15, 0.2) is 0 Å². The molecule has 0 bridgehead atoms. The fourth-order valence-electron chi connectivity index (χ4n) is 3.28. The van der Waals surface area contributed by atoms with E-state index in [1.807, 2.05) is 24.3 Å². The van der Waals surface area contributed by atoms with Crippen LogP contribution in [0.4, 0.5) is 0 Å². The second-order valence-electron chi connectivity index (χ2n) is 6.72. The van der Waals surface area contributed by atoms with E-state index in [1.54, 1.807) is 0 Å². The van der Waals surface area contributed by atoms with Crippen LogP contribution in [0.3, 0.4) is 0 Å². The zero-order valence-electron chi connectivity index (χ0n) is 15.1. The first-order chi connectivity index (χ1) is 12.6. The molecule has 1 heterocycles. The number of benzene rings is 2. The first-order valence-electron chi connectivity index (χ1n) is 9.04. The number of carbonyl (C=O) groups is 1. The minimum Gasteiger partial charge on any atom is -0.466 e. The Morgan fingerprint density at radius 2 is 1.81 bits per heavy atom. The average molecular weight is 373 g/mol. The number of esters is 1. The van der Waals surface area contributed by atoms with Gasteiger partial charge in [-0.1, -0.05) is 48.0 Å². The summed E-state index contributed by atoms with van der Waals surface area (Å²) in [6.45, 7) is 5.84. The number of nitrogens with one attached hydrogen (secondary N) is 1. The van der Waals surface area contributed by atoms with Crippen molar-refractivity contribution in [2.24, 2.45) is 0 Å². The number of halogens is 1. The van der Waals surface area contributed by atoms with Crippen LogP contribution in [0.1, 0.15) is 18.9 Å². The zero-order chi connectivity index (χ0) is 18.4. The number of carbonyl (C=O) groups excluding carboxylic acids is 1. The molecule has 5 heteroatoms. The molecule has 0 aliphatic carbocycles. The molecule has 0 aromatic heterocycles. The third-order valence-corrected chi connectivity index (χ3v) is 4.90. The van der Waals surface area contributed by atoms with Gasteiger partial charge in [0.1, 0.15) is 0 Å². The Morgan fingerprint density at radius 1 is 1.15 bits per heavy atom. The zero-order valence-corrected chi connectivity index (χ0v) is 15.8. The number of nitrogens with zero attached hydrogens (tertiary/aromatic N) is 1. The van der Waals surface area contributed by atoms with E-state index in [2.05, 4.69) is 34.5 Å². The van der Waals surface area contributed by atoms with Crippen molar-refractivity contribution in [3.8, 4) is 11.1 Å². The Kier molecular flexibility index (Phi) is 6.67. The monoisotopic (exact) mass is 372 g/mol. The van der Waals surface area contributed by atoms with Crippen molar-refractivity contribution < 1.29 is 9.53 Å². The van der Waals surface area contributed by atoms with E-state index in [4.69, 9.17) is 16.3 Å². The minimum atomic E-state index is -0.210. The van der Waals surface area contributed by atoms with E-state index >= 15 is 0 Å². The molecule has 0 radical (unpaired) electrons. The summed E-state index contributed by atoms with van der Waals surface area (Å²) in [6, 6.07) is 17.0. The molecule has 1 atom stereocenters. The van der Waals surface area contributed by atoms with Gasteiger partial charge in [0.2, 0.25) is 0 Å². The highest BCUT2D eigenvalue weighted by Crippen LogP contribution is 2.22. The Balaban J connectivity index is 1.53. The van der Waals surface area contributed by atoms with Crippen LogP contribution in [-0.4, -0.2) is 43.2 Å². The highest BCUT2D eigenvalue weighted by molar-refractivity contribution is 6.30. The molecule has 0 spiro atoms. The van der Waals surface area contributed by atoms with E-state index in [0.29, 0.717) is 12.6 Å². The van der Waals surface area contributed by atoms with E-state index < -0.39 is 0 Å². The fourth-order valence-corrected chi connectivity index (χ4v) is 3.41. The molecule has 2 aromatic rings.